The Balaban J connectivity index is 1.43. The zero-order valence-electron chi connectivity index (χ0n) is 15.6. The van der Waals surface area contributed by atoms with E-state index in [1.54, 1.807) is 6.07 Å². The summed E-state index contributed by atoms with van der Waals surface area (Å²) in [6.07, 6.45) is 0.711. The zero-order chi connectivity index (χ0) is 19.9. The van der Waals surface area contributed by atoms with E-state index in [2.05, 4.69) is 5.32 Å². The van der Waals surface area contributed by atoms with Crippen LogP contribution in [0.1, 0.15) is 11.1 Å². The number of nitrogens with one attached hydrogen (secondary N) is 1. The van der Waals surface area contributed by atoms with Crippen molar-refractivity contribution in [2.24, 2.45) is 0 Å². The third kappa shape index (κ3) is 5.13. The summed E-state index contributed by atoms with van der Waals surface area (Å²) in [7, 11) is 0. The molecule has 0 aliphatic carbocycles. The summed E-state index contributed by atoms with van der Waals surface area (Å²) in [4.78, 5) is 38.5. The Morgan fingerprint density at radius 1 is 1.14 bits per heavy atom. The van der Waals surface area contributed by atoms with E-state index in [1.165, 1.54) is 27.8 Å². The average Bonchev–Trinajstić information content (AvgIpc) is 2.70. The van der Waals surface area contributed by atoms with E-state index >= 15 is 0 Å². The van der Waals surface area contributed by atoms with Gasteiger partial charge in [0.15, 0.2) is 6.61 Å². The summed E-state index contributed by atoms with van der Waals surface area (Å²) in [5, 5.41) is 2.74. The van der Waals surface area contributed by atoms with E-state index in [-0.39, 0.29) is 30.7 Å². The maximum atomic E-state index is 12.2. The summed E-state index contributed by atoms with van der Waals surface area (Å²) in [5.41, 5.74) is 3.04. The van der Waals surface area contributed by atoms with Crippen molar-refractivity contribution in [1.82, 2.24) is 5.32 Å². The minimum absolute atomic E-state index is 0.150. The predicted octanol–water partition coefficient (Wildman–Crippen LogP) is 2.34. The number of ether oxygens (including phenoxy) is 1. The Kier molecular flexibility index (Phi) is 6.71. The summed E-state index contributed by atoms with van der Waals surface area (Å²) >= 11 is 1.45. The molecule has 7 heteroatoms. The number of thioether (sulfide) groups is 1. The molecule has 1 heterocycles. The van der Waals surface area contributed by atoms with E-state index in [9.17, 15) is 14.4 Å². The minimum Gasteiger partial charge on any atom is -0.454 e. The van der Waals surface area contributed by atoms with Gasteiger partial charge in [0.2, 0.25) is 5.91 Å². The van der Waals surface area contributed by atoms with Crippen LogP contribution in [0.15, 0.2) is 53.4 Å². The lowest BCUT2D eigenvalue weighted by molar-refractivity contribution is -0.147. The molecular weight excluding hydrogens is 376 g/mol. The number of hydrogen-bond acceptors (Lipinski definition) is 5. The highest BCUT2D eigenvalue weighted by atomic mass is 32.2. The van der Waals surface area contributed by atoms with Crippen LogP contribution in [0.4, 0.5) is 5.69 Å². The molecule has 1 N–H and O–H groups in total. The zero-order valence-corrected chi connectivity index (χ0v) is 16.5. The van der Waals surface area contributed by atoms with Crippen molar-refractivity contribution in [1.29, 1.82) is 0 Å². The molecule has 0 saturated heterocycles. The first-order valence-electron chi connectivity index (χ1n) is 9.03. The van der Waals surface area contributed by atoms with Crippen LogP contribution >= 0.6 is 11.8 Å². The molecule has 0 fully saturated rings. The van der Waals surface area contributed by atoms with Gasteiger partial charge in [-0.25, -0.2) is 0 Å². The Hall–Kier alpha value is -2.80. The van der Waals surface area contributed by atoms with Gasteiger partial charge in [-0.15, -0.1) is 11.8 Å². The lowest BCUT2D eigenvalue weighted by atomic mass is 10.1. The van der Waals surface area contributed by atoms with Crippen molar-refractivity contribution in [2.45, 2.75) is 18.2 Å². The highest BCUT2D eigenvalue weighted by Crippen LogP contribution is 2.34. The first-order chi connectivity index (χ1) is 13.5. The Morgan fingerprint density at radius 3 is 2.71 bits per heavy atom. The van der Waals surface area contributed by atoms with E-state index in [1.807, 2.05) is 49.4 Å². The second-order valence-corrected chi connectivity index (χ2v) is 7.44. The largest absolute Gasteiger partial charge is 0.454 e. The van der Waals surface area contributed by atoms with Crippen LogP contribution < -0.4 is 10.2 Å². The Labute approximate surface area is 168 Å². The number of fused-ring (bicyclic) bond motifs is 1. The number of esters is 1. The van der Waals surface area contributed by atoms with Gasteiger partial charge in [-0.1, -0.05) is 36.4 Å². The van der Waals surface area contributed by atoms with Crippen LogP contribution in [-0.4, -0.2) is 43.2 Å². The van der Waals surface area contributed by atoms with Gasteiger partial charge in [0, 0.05) is 11.4 Å². The van der Waals surface area contributed by atoms with Gasteiger partial charge in [0.25, 0.3) is 5.91 Å². The monoisotopic (exact) mass is 398 g/mol. The molecule has 0 atom stereocenters. The molecule has 1 aliphatic rings. The van der Waals surface area contributed by atoms with Crippen molar-refractivity contribution >= 4 is 35.2 Å². The summed E-state index contributed by atoms with van der Waals surface area (Å²) in [5.74, 6) is -0.834. The molecule has 0 aromatic heterocycles. The van der Waals surface area contributed by atoms with Crippen molar-refractivity contribution < 1.29 is 19.1 Å². The molecule has 0 radical (unpaired) electrons. The van der Waals surface area contributed by atoms with Crippen molar-refractivity contribution in [2.75, 3.05) is 30.3 Å². The fraction of sp³-hybridized carbons (Fsp3) is 0.286. The van der Waals surface area contributed by atoms with Crippen LogP contribution in [0.5, 0.6) is 0 Å². The molecule has 0 saturated carbocycles. The second kappa shape index (κ2) is 9.41. The van der Waals surface area contributed by atoms with E-state index in [0.717, 1.165) is 4.90 Å². The van der Waals surface area contributed by atoms with Gasteiger partial charge < -0.3 is 10.1 Å². The fourth-order valence-corrected chi connectivity index (χ4v) is 3.86. The van der Waals surface area contributed by atoms with Gasteiger partial charge in [0.05, 0.1) is 11.4 Å². The first-order valence-corrected chi connectivity index (χ1v) is 10.0. The topological polar surface area (TPSA) is 75.7 Å². The van der Waals surface area contributed by atoms with Crippen LogP contribution in [0, 0.1) is 6.92 Å². The third-order valence-electron chi connectivity index (χ3n) is 4.44. The number of anilines is 1. The molecule has 1 aliphatic heterocycles. The molecule has 28 heavy (non-hydrogen) atoms. The van der Waals surface area contributed by atoms with Gasteiger partial charge in [-0.05, 0) is 36.6 Å². The fourth-order valence-electron chi connectivity index (χ4n) is 2.93. The second-order valence-electron chi connectivity index (χ2n) is 6.42. The minimum atomic E-state index is -0.607. The molecule has 0 unspecified atom stereocenters. The normalized spacial score (nSPS) is 13.0. The summed E-state index contributed by atoms with van der Waals surface area (Å²) in [6.45, 7) is 1.94. The highest BCUT2D eigenvalue weighted by Gasteiger charge is 2.26. The van der Waals surface area contributed by atoms with Crippen molar-refractivity contribution in [3.63, 3.8) is 0 Å². The predicted molar refractivity (Wildman–Crippen MR) is 108 cm³/mol. The van der Waals surface area contributed by atoms with Gasteiger partial charge in [-0.3, -0.25) is 19.3 Å². The maximum absolute atomic E-state index is 12.2. The van der Waals surface area contributed by atoms with Crippen LogP contribution in [-0.2, 0) is 25.5 Å². The lowest BCUT2D eigenvalue weighted by Gasteiger charge is -2.27. The maximum Gasteiger partial charge on any atom is 0.326 e. The molecule has 2 aromatic carbocycles. The number of aryl methyl sites for hydroxylation is 1. The summed E-state index contributed by atoms with van der Waals surface area (Å²) < 4.78 is 5.04. The van der Waals surface area contributed by atoms with Crippen molar-refractivity contribution in [3.8, 4) is 0 Å². The molecule has 146 valence electrons. The molecule has 3 rings (SSSR count). The van der Waals surface area contributed by atoms with Crippen LogP contribution in [0.3, 0.4) is 0 Å². The van der Waals surface area contributed by atoms with Crippen LogP contribution in [0.25, 0.3) is 0 Å². The lowest BCUT2D eigenvalue weighted by Crippen LogP contribution is -2.40. The van der Waals surface area contributed by atoms with Gasteiger partial charge in [-0.2, -0.15) is 0 Å². The number of para-hydroxylation sites is 1. The Bertz CT molecular complexity index is 884. The standard InChI is InChI=1S/C21H22N2O4S/c1-15-6-2-3-7-16(15)10-11-22-19(24)13-27-21(26)12-23-17-8-4-5-9-18(17)28-14-20(23)25/h2-9H,10-14H2,1H3,(H,22,24). The SMILES string of the molecule is Cc1ccccc1CCNC(=O)COC(=O)CN1C(=O)CSc2ccccc21. The quantitative estimate of drug-likeness (QED) is 0.725. The molecule has 0 bridgehead atoms. The summed E-state index contributed by atoms with van der Waals surface area (Å²) in [6, 6.07) is 15.4. The average molecular weight is 398 g/mol. The molecule has 6 nitrogen and oxygen atoms in total. The first kappa shape index (κ1) is 19.9. The van der Waals surface area contributed by atoms with Crippen LogP contribution in [0.2, 0.25) is 0 Å². The number of rotatable bonds is 7. The van der Waals surface area contributed by atoms with Gasteiger partial charge in [0.1, 0.15) is 6.54 Å². The van der Waals surface area contributed by atoms with E-state index in [0.29, 0.717) is 18.7 Å². The number of amides is 2. The van der Waals surface area contributed by atoms with Gasteiger partial charge >= 0.3 is 5.97 Å². The number of benzene rings is 2. The molecular formula is C21H22N2O4S. The molecule has 2 amide bonds. The number of carbonyl (C=O) groups excluding carboxylic acids is 3. The molecule has 0 spiro atoms. The van der Waals surface area contributed by atoms with Crippen molar-refractivity contribution in [3.05, 3.63) is 59.7 Å². The molecule has 2 aromatic rings. The smallest absolute Gasteiger partial charge is 0.326 e. The Morgan fingerprint density at radius 2 is 1.89 bits per heavy atom. The van der Waals surface area contributed by atoms with E-state index in [4.69, 9.17) is 4.74 Å². The number of hydrogen-bond donors (Lipinski definition) is 1. The number of carbonyl (C=O) groups is 3. The van der Waals surface area contributed by atoms with E-state index < -0.39 is 5.97 Å². The highest BCUT2D eigenvalue weighted by molar-refractivity contribution is 8.00. The number of nitrogens with zero attached hydrogens (tertiary/aromatic N) is 1. The third-order valence-corrected chi connectivity index (χ3v) is 5.48.